The van der Waals surface area contributed by atoms with Crippen molar-refractivity contribution < 1.29 is 13.2 Å². The summed E-state index contributed by atoms with van der Waals surface area (Å²) in [6.45, 7) is 8.68. The van der Waals surface area contributed by atoms with Crippen molar-refractivity contribution in [3.8, 4) is 17.1 Å². The van der Waals surface area contributed by atoms with Gasteiger partial charge in [-0.3, -0.25) is 0 Å². The summed E-state index contributed by atoms with van der Waals surface area (Å²) in [5.41, 5.74) is 4.35. The Hall–Kier alpha value is -3.13. The van der Waals surface area contributed by atoms with Gasteiger partial charge < -0.3 is 10.1 Å². The Morgan fingerprint density at radius 2 is 1.78 bits per heavy atom. The number of rotatable bonds is 3. The van der Waals surface area contributed by atoms with Gasteiger partial charge in [-0.15, -0.1) is 0 Å². The first-order valence-electron chi connectivity index (χ1n) is 10.7. The van der Waals surface area contributed by atoms with Crippen LogP contribution in [-0.4, -0.2) is 31.0 Å². The van der Waals surface area contributed by atoms with E-state index >= 15 is 0 Å². The van der Waals surface area contributed by atoms with Crippen LogP contribution in [0, 0.1) is 19.8 Å². The van der Waals surface area contributed by atoms with Gasteiger partial charge in [-0.25, -0.2) is 18.1 Å². The molecule has 2 N–H and O–H groups in total. The predicted molar refractivity (Wildman–Crippen MR) is 127 cm³/mol. The van der Waals surface area contributed by atoms with E-state index in [-0.39, 0.29) is 16.9 Å². The van der Waals surface area contributed by atoms with Gasteiger partial charge >= 0.3 is 0 Å². The van der Waals surface area contributed by atoms with Crippen LogP contribution < -0.4 is 14.8 Å². The molecule has 32 heavy (non-hydrogen) atoms. The van der Waals surface area contributed by atoms with Crippen molar-refractivity contribution in [2.75, 3.05) is 16.6 Å². The fourth-order valence-corrected chi connectivity index (χ4v) is 4.97. The van der Waals surface area contributed by atoms with Crippen molar-refractivity contribution in [1.29, 1.82) is 0 Å². The summed E-state index contributed by atoms with van der Waals surface area (Å²) in [5.74, 6) is 0.748. The third-order valence-electron chi connectivity index (χ3n) is 5.37. The molecule has 8 heteroatoms. The zero-order valence-electron chi connectivity index (χ0n) is 18.7. The van der Waals surface area contributed by atoms with Gasteiger partial charge in [0.15, 0.2) is 0 Å². The van der Waals surface area contributed by atoms with Gasteiger partial charge in [-0.05, 0) is 55.5 Å². The first kappa shape index (κ1) is 22.1. The van der Waals surface area contributed by atoms with E-state index in [0.29, 0.717) is 24.1 Å². The molecule has 0 saturated heterocycles. The molecule has 1 atom stereocenters. The molecule has 0 fully saturated rings. The SMILES string of the molecule is Cc1cccc(C)c1-c1cc2nc(n1)NS(=O)(=O)c1cccc(c1)N[C@@H](CC(C)C)CO2. The lowest BCUT2D eigenvalue weighted by Crippen LogP contribution is -2.29. The minimum atomic E-state index is -3.88. The van der Waals surface area contributed by atoms with Crippen LogP contribution in [0.15, 0.2) is 53.4 Å². The molecule has 168 valence electrons. The number of nitrogens with one attached hydrogen (secondary N) is 2. The zero-order valence-corrected chi connectivity index (χ0v) is 19.5. The van der Waals surface area contributed by atoms with Crippen molar-refractivity contribution in [2.24, 2.45) is 5.92 Å². The van der Waals surface area contributed by atoms with Crippen LogP contribution in [0.3, 0.4) is 0 Å². The van der Waals surface area contributed by atoms with E-state index in [4.69, 9.17) is 4.74 Å². The number of fused-ring (bicyclic) bond motifs is 4. The number of aromatic nitrogens is 2. The predicted octanol–water partition coefficient (Wildman–Crippen LogP) is 4.78. The van der Waals surface area contributed by atoms with Crippen molar-refractivity contribution >= 4 is 21.7 Å². The Balaban J connectivity index is 1.84. The molecule has 1 aromatic heterocycles. The van der Waals surface area contributed by atoms with Gasteiger partial charge in [0.1, 0.15) is 6.61 Å². The molecule has 3 aromatic rings. The van der Waals surface area contributed by atoms with E-state index in [2.05, 4.69) is 33.9 Å². The minimum Gasteiger partial charge on any atom is -0.475 e. The maximum atomic E-state index is 13.1. The van der Waals surface area contributed by atoms with Gasteiger partial charge in [-0.1, -0.05) is 38.1 Å². The van der Waals surface area contributed by atoms with Gasteiger partial charge in [0.25, 0.3) is 10.0 Å². The zero-order chi connectivity index (χ0) is 22.9. The number of aryl methyl sites for hydroxylation is 2. The Labute approximate surface area is 189 Å². The minimum absolute atomic E-state index is 0.0117. The quantitative estimate of drug-likeness (QED) is 0.594. The first-order chi connectivity index (χ1) is 15.2. The van der Waals surface area contributed by atoms with Gasteiger partial charge in [0.05, 0.1) is 16.6 Å². The first-order valence-corrected chi connectivity index (χ1v) is 12.2. The van der Waals surface area contributed by atoms with Gasteiger partial charge in [0.2, 0.25) is 11.8 Å². The molecule has 0 saturated carbocycles. The molecule has 0 unspecified atom stereocenters. The average Bonchev–Trinajstić information content (AvgIpc) is 2.71. The Morgan fingerprint density at radius 3 is 2.50 bits per heavy atom. The van der Waals surface area contributed by atoms with Crippen molar-refractivity contribution in [3.05, 3.63) is 59.7 Å². The Kier molecular flexibility index (Phi) is 6.06. The van der Waals surface area contributed by atoms with Crippen molar-refractivity contribution in [2.45, 2.75) is 45.1 Å². The Bertz CT molecular complexity index is 1220. The van der Waals surface area contributed by atoms with E-state index < -0.39 is 10.0 Å². The third kappa shape index (κ3) is 4.85. The third-order valence-corrected chi connectivity index (χ3v) is 6.69. The molecular weight excluding hydrogens is 424 g/mol. The fraction of sp³-hybridized carbons (Fsp3) is 0.333. The molecular formula is C24H28N4O3S. The van der Waals surface area contributed by atoms with Crippen LogP contribution >= 0.6 is 0 Å². The molecule has 2 heterocycles. The second-order valence-electron chi connectivity index (χ2n) is 8.60. The van der Waals surface area contributed by atoms with Gasteiger partial charge in [0, 0.05) is 17.3 Å². The van der Waals surface area contributed by atoms with Crippen molar-refractivity contribution in [3.63, 3.8) is 0 Å². The summed E-state index contributed by atoms with van der Waals surface area (Å²) < 4.78 is 34.7. The van der Waals surface area contributed by atoms with Crippen LogP contribution in [-0.2, 0) is 10.0 Å². The number of hydrogen-bond acceptors (Lipinski definition) is 6. The standard InChI is InChI=1S/C24H28N4O3S/c1-15(2)11-19-14-31-22-13-21(23-16(3)7-5-8-17(23)4)26-24(27-22)28-32(29,30)20-10-6-9-18(12-20)25-19/h5-10,12-13,15,19,25H,11,14H2,1-4H3,(H,26,27,28)/t19-/m0/s1. The van der Waals surface area contributed by atoms with E-state index in [0.717, 1.165) is 28.8 Å². The Morgan fingerprint density at radius 1 is 1.06 bits per heavy atom. The maximum absolute atomic E-state index is 13.1. The monoisotopic (exact) mass is 452 g/mol. The lowest BCUT2D eigenvalue weighted by molar-refractivity contribution is 0.271. The number of ether oxygens (including phenoxy) is 1. The number of benzene rings is 2. The molecule has 2 aromatic carbocycles. The molecule has 1 aliphatic rings. The second-order valence-corrected chi connectivity index (χ2v) is 10.3. The summed E-state index contributed by atoms with van der Waals surface area (Å²) >= 11 is 0. The summed E-state index contributed by atoms with van der Waals surface area (Å²) in [6.07, 6.45) is 0.858. The number of sulfonamides is 1. The van der Waals surface area contributed by atoms with Crippen LogP contribution in [0.2, 0.25) is 0 Å². The summed E-state index contributed by atoms with van der Waals surface area (Å²) in [4.78, 5) is 9.03. The topological polar surface area (TPSA) is 93.2 Å². The summed E-state index contributed by atoms with van der Waals surface area (Å²) in [5, 5.41) is 3.42. The molecule has 7 nitrogen and oxygen atoms in total. The summed E-state index contributed by atoms with van der Waals surface area (Å²) in [7, 11) is -3.88. The van der Waals surface area contributed by atoms with E-state index in [1.807, 2.05) is 38.1 Å². The number of anilines is 2. The number of hydrogen-bond donors (Lipinski definition) is 2. The largest absolute Gasteiger partial charge is 0.475 e. The molecule has 0 radical (unpaired) electrons. The van der Waals surface area contributed by atoms with E-state index in [9.17, 15) is 8.42 Å². The fourth-order valence-electron chi connectivity index (χ4n) is 3.98. The molecule has 4 rings (SSSR count). The lowest BCUT2D eigenvalue weighted by atomic mass is 10.00. The van der Waals surface area contributed by atoms with E-state index in [1.165, 1.54) is 0 Å². The average molecular weight is 453 g/mol. The van der Waals surface area contributed by atoms with E-state index in [1.54, 1.807) is 24.3 Å². The lowest BCUT2D eigenvalue weighted by Gasteiger charge is -2.23. The van der Waals surface area contributed by atoms with Crippen LogP contribution in [0.5, 0.6) is 5.88 Å². The normalized spacial score (nSPS) is 17.3. The van der Waals surface area contributed by atoms with Gasteiger partial charge in [-0.2, -0.15) is 4.98 Å². The van der Waals surface area contributed by atoms with Crippen LogP contribution in [0.25, 0.3) is 11.3 Å². The molecule has 4 bridgehead atoms. The molecule has 0 spiro atoms. The highest BCUT2D eigenvalue weighted by molar-refractivity contribution is 7.92. The second kappa shape index (κ2) is 8.78. The van der Waals surface area contributed by atoms with Crippen molar-refractivity contribution in [1.82, 2.24) is 9.97 Å². The number of nitrogens with zero attached hydrogens (tertiary/aromatic N) is 2. The molecule has 0 aliphatic carbocycles. The smallest absolute Gasteiger partial charge is 0.264 e. The molecule has 0 amide bonds. The highest BCUT2D eigenvalue weighted by Gasteiger charge is 2.21. The maximum Gasteiger partial charge on any atom is 0.264 e. The highest BCUT2D eigenvalue weighted by Crippen LogP contribution is 2.30. The van der Waals surface area contributed by atoms with Crippen LogP contribution in [0.1, 0.15) is 31.4 Å². The summed E-state index contributed by atoms with van der Waals surface area (Å²) in [6, 6.07) is 14.5. The van der Waals surface area contributed by atoms with Crippen LogP contribution in [0.4, 0.5) is 11.6 Å². The molecule has 1 aliphatic heterocycles. The highest BCUT2D eigenvalue weighted by atomic mass is 32.2.